The van der Waals surface area contributed by atoms with Gasteiger partial charge in [0, 0.05) is 53.8 Å². The van der Waals surface area contributed by atoms with Crippen LogP contribution in [0.1, 0.15) is 27.2 Å². The average Bonchev–Trinajstić information content (AvgIpc) is 1.90. The van der Waals surface area contributed by atoms with Crippen molar-refractivity contribution >= 4 is 6.29 Å². The maximum atomic E-state index is 9.64. The van der Waals surface area contributed by atoms with E-state index in [-0.39, 0.29) is 53.8 Å². The normalized spacial score (nSPS) is 8.17. The van der Waals surface area contributed by atoms with Crippen LogP contribution in [0.5, 0.6) is 0 Å². The Balaban J connectivity index is -0.0000000569. The van der Waals surface area contributed by atoms with E-state index >= 15 is 0 Å². The summed E-state index contributed by atoms with van der Waals surface area (Å²) < 4.78 is 0. The van der Waals surface area contributed by atoms with Crippen LogP contribution >= 0.6 is 0 Å². The zero-order valence-electron chi connectivity index (χ0n) is 7.89. The molecule has 0 atom stereocenters. The van der Waals surface area contributed by atoms with Crippen molar-refractivity contribution in [3.63, 3.8) is 0 Å². The Kier molecular flexibility index (Phi) is 44.0. The molecule has 0 fully saturated rings. The van der Waals surface area contributed by atoms with Crippen molar-refractivity contribution in [2.45, 2.75) is 27.2 Å². The summed E-state index contributed by atoms with van der Waals surface area (Å²) in [5.74, 6) is 0. The standard InChI is InChI=1S/C6H7O.C3H7.W.Y/c1-3-4-6(2)5-7;1-3-2;;/h1,3H2,2H3;3H,1-2H3;;/q-3;-1;;. The molecule has 0 aromatic heterocycles. The van der Waals surface area contributed by atoms with Gasteiger partial charge in [0.15, 0.2) is 0 Å². The third-order valence-electron chi connectivity index (χ3n) is 0.543. The Morgan fingerprint density at radius 1 is 1.50 bits per heavy atom. The van der Waals surface area contributed by atoms with Crippen LogP contribution in [0.4, 0.5) is 0 Å². The molecule has 0 aromatic carbocycles. The van der Waals surface area contributed by atoms with E-state index in [1.807, 2.05) is 20.3 Å². The van der Waals surface area contributed by atoms with Crippen LogP contribution in [0, 0.1) is 19.4 Å². The first-order valence-electron chi connectivity index (χ1n) is 3.21. The molecule has 3 heteroatoms. The topological polar surface area (TPSA) is 17.1 Å². The zero-order chi connectivity index (χ0) is 8.41. The summed E-state index contributed by atoms with van der Waals surface area (Å²) in [4.78, 5) is 9.64. The number of rotatable bonds is 2. The van der Waals surface area contributed by atoms with Crippen LogP contribution in [-0.4, -0.2) is 6.29 Å². The smallest absolute Gasteiger partial charge is 0 e. The maximum absolute atomic E-state index is 9.64. The van der Waals surface area contributed by atoms with E-state index < -0.39 is 0 Å². The third kappa shape index (κ3) is 30.3. The third-order valence-corrected chi connectivity index (χ3v) is 0.543. The van der Waals surface area contributed by atoms with Gasteiger partial charge in [-0.15, -0.1) is 6.92 Å². The molecule has 0 rings (SSSR count). The number of carbonyl (C=O) groups excluding carboxylic acids is 1. The largest absolute Gasteiger partial charge is 0.558 e. The predicted molar refractivity (Wildman–Crippen MR) is 43.7 cm³/mol. The van der Waals surface area contributed by atoms with E-state index in [0.717, 1.165) is 0 Å². The van der Waals surface area contributed by atoms with Gasteiger partial charge in [-0.25, -0.2) is 0 Å². The summed E-state index contributed by atoms with van der Waals surface area (Å²) in [6.07, 6.45) is 6.90. The molecule has 12 heavy (non-hydrogen) atoms. The van der Waals surface area contributed by atoms with Crippen LogP contribution in [0.15, 0.2) is 5.57 Å². The predicted octanol–water partition coefficient (Wildman–Crippen LogP) is 2.30. The fourth-order valence-electron chi connectivity index (χ4n) is 0.224. The first-order chi connectivity index (χ1) is 4.72. The average molecular weight is 411 g/mol. The monoisotopic (exact) mass is 411 g/mol. The zero-order valence-corrected chi connectivity index (χ0v) is 13.7. The van der Waals surface area contributed by atoms with Gasteiger partial charge in [0.05, 0.1) is 0 Å². The second-order valence-corrected chi connectivity index (χ2v) is 1.73. The van der Waals surface area contributed by atoms with E-state index in [1.165, 1.54) is 0 Å². The Morgan fingerprint density at radius 2 is 1.83 bits per heavy atom. The van der Waals surface area contributed by atoms with Gasteiger partial charge in [-0.2, -0.15) is 13.8 Å². The van der Waals surface area contributed by atoms with Gasteiger partial charge in [-0.1, -0.05) is 0 Å². The molecule has 0 saturated carbocycles. The minimum atomic E-state index is 0. The van der Waals surface area contributed by atoms with Crippen molar-refractivity contribution in [1.29, 1.82) is 0 Å². The van der Waals surface area contributed by atoms with E-state index in [0.29, 0.717) is 12.0 Å². The molecule has 0 aliphatic carbocycles. The summed E-state index contributed by atoms with van der Waals surface area (Å²) in [6.45, 7) is 9.11. The Morgan fingerprint density at radius 3 is 1.92 bits per heavy atom. The fourth-order valence-corrected chi connectivity index (χ4v) is 0.224. The first-order valence-corrected chi connectivity index (χ1v) is 3.21. The van der Waals surface area contributed by atoms with Crippen molar-refractivity contribution < 1.29 is 58.6 Å². The van der Waals surface area contributed by atoms with E-state index in [4.69, 9.17) is 0 Å². The molecule has 0 aromatic rings. The summed E-state index contributed by atoms with van der Waals surface area (Å²) in [7, 11) is 0. The fraction of sp³-hybridized carbons (Fsp3) is 0.444. The molecule has 0 spiro atoms. The quantitative estimate of drug-likeness (QED) is 0.504. The van der Waals surface area contributed by atoms with Crippen LogP contribution in [0.3, 0.4) is 0 Å². The van der Waals surface area contributed by atoms with Crippen LogP contribution < -0.4 is 0 Å². The van der Waals surface area contributed by atoms with Crippen molar-refractivity contribution in [3.05, 3.63) is 25.0 Å². The minimum absolute atomic E-state index is 0. The summed E-state index contributed by atoms with van der Waals surface area (Å²) in [6, 6.07) is 0. The minimum Gasteiger partial charge on any atom is -0.558 e. The van der Waals surface area contributed by atoms with Gasteiger partial charge in [-0.3, -0.25) is 6.29 Å². The van der Waals surface area contributed by atoms with Crippen molar-refractivity contribution in [2.24, 2.45) is 0 Å². The summed E-state index contributed by atoms with van der Waals surface area (Å²) in [5.41, 5.74) is 0.509. The Labute approximate surface area is 116 Å². The molecule has 0 amide bonds. The Bertz CT molecular complexity index is 103. The molecule has 0 aliphatic heterocycles. The number of allylic oxidation sites excluding steroid dienone is 2. The van der Waals surface area contributed by atoms with Gasteiger partial charge < -0.3 is 36.2 Å². The Hall–Kier alpha value is 1.20. The van der Waals surface area contributed by atoms with Crippen molar-refractivity contribution in [3.8, 4) is 0 Å². The molecular weight excluding hydrogens is 397 g/mol. The first kappa shape index (κ1) is 23.2. The van der Waals surface area contributed by atoms with Gasteiger partial charge in [0.25, 0.3) is 0 Å². The van der Waals surface area contributed by atoms with E-state index in [2.05, 4.69) is 13.0 Å². The van der Waals surface area contributed by atoms with Gasteiger partial charge in [0.2, 0.25) is 0 Å². The molecule has 0 heterocycles. The molecular formula is C9H14OWY-4. The van der Waals surface area contributed by atoms with E-state index in [9.17, 15) is 4.79 Å². The van der Waals surface area contributed by atoms with Crippen molar-refractivity contribution in [1.82, 2.24) is 0 Å². The number of hydrogen-bond acceptors (Lipinski definition) is 1. The van der Waals surface area contributed by atoms with E-state index in [1.54, 1.807) is 13.2 Å². The molecule has 0 bridgehead atoms. The van der Waals surface area contributed by atoms with Crippen LogP contribution in [-0.2, 0) is 58.6 Å². The molecule has 1 nitrogen and oxygen atoms in total. The van der Waals surface area contributed by atoms with Crippen molar-refractivity contribution in [2.75, 3.05) is 0 Å². The second-order valence-electron chi connectivity index (χ2n) is 1.73. The van der Waals surface area contributed by atoms with Crippen LogP contribution in [0.2, 0.25) is 0 Å². The summed E-state index contributed by atoms with van der Waals surface area (Å²) in [5, 5.41) is 0. The molecule has 0 N–H and O–H groups in total. The van der Waals surface area contributed by atoms with Crippen LogP contribution in [0.25, 0.3) is 0 Å². The number of hydrogen-bond donors (Lipinski definition) is 0. The van der Waals surface area contributed by atoms with Gasteiger partial charge in [-0.05, 0) is 0 Å². The molecule has 0 unspecified atom stereocenters. The molecule has 1 radical (unpaired) electrons. The molecule has 69 valence electrons. The summed E-state index contributed by atoms with van der Waals surface area (Å²) >= 11 is 0. The maximum Gasteiger partial charge on any atom is 0 e. The SMILES string of the molecule is C[CH-]C.[CH2-]C[C-]=C(C)[C-]=O.[W].[Y]. The van der Waals surface area contributed by atoms with Gasteiger partial charge in [0.1, 0.15) is 0 Å². The molecule has 0 saturated heterocycles. The second kappa shape index (κ2) is 22.8. The molecule has 0 aliphatic rings. The van der Waals surface area contributed by atoms with Gasteiger partial charge >= 0.3 is 0 Å².